The summed E-state index contributed by atoms with van der Waals surface area (Å²) in [5.74, 6) is -0.0408. The lowest BCUT2D eigenvalue weighted by atomic mass is 10.1. The summed E-state index contributed by atoms with van der Waals surface area (Å²) in [5.41, 5.74) is 4.01. The summed E-state index contributed by atoms with van der Waals surface area (Å²) in [6.45, 7) is 4.53. The van der Waals surface area contributed by atoms with E-state index >= 15 is 0 Å². The van der Waals surface area contributed by atoms with Gasteiger partial charge in [0.15, 0.2) is 5.69 Å². The number of hydrogen-bond acceptors (Lipinski definition) is 4. The number of amides is 1. The van der Waals surface area contributed by atoms with E-state index in [0.29, 0.717) is 5.69 Å². The molecule has 2 aliphatic rings. The zero-order chi connectivity index (χ0) is 16.4. The highest BCUT2D eigenvalue weighted by Crippen LogP contribution is 2.17. The van der Waals surface area contributed by atoms with Gasteiger partial charge in [0, 0.05) is 37.8 Å². The first-order valence-corrected chi connectivity index (χ1v) is 8.63. The van der Waals surface area contributed by atoms with Crippen molar-refractivity contribution in [2.75, 3.05) is 19.6 Å². The molecule has 3 heterocycles. The Morgan fingerprint density at radius 1 is 1.33 bits per heavy atom. The minimum absolute atomic E-state index is 0.0408. The van der Waals surface area contributed by atoms with Gasteiger partial charge in [-0.25, -0.2) is 0 Å². The number of nitrogens with zero attached hydrogens (tertiary/aromatic N) is 2. The molecule has 6 heteroatoms. The van der Waals surface area contributed by atoms with Crippen LogP contribution >= 0.6 is 0 Å². The fourth-order valence-electron chi connectivity index (χ4n) is 3.62. The Kier molecular flexibility index (Phi) is 4.32. The van der Waals surface area contributed by atoms with Crippen LogP contribution in [0.3, 0.4) is 0 Å². The predicted octanol–water partition coefficient (Wildman–Crippen LogP) is 1.06. The quantitative estimate of drug-likeness (QED) is 0.786. The fourth-order valence-corrected chi connectivity index (χ4v) is 3.62. The Bertz CT molecular complexity index is 711. The lowest BCUT2D eigenvalue weighted by molar-refractivity contribution is 0.0931. The zero-order valence-corrected chi connectivity index (χ0v) is 13.7. The standard InChI is InChI=1S/C18H23N5O/c24-18(17-15-6-8-19-10-16(15)21-22-17)20-14-7-9-23(12-14)11-13-4-2-1-3-5-13/h1-5,14,19H,6-12H2,(H,20,24)(H,21,22)/t14-/m0/s1. The minimum Gasteiger partial charge on any atom is -0.347 e. The van der Waals surface area contributed by atoms with Crippen molar-refractivity contribution in [1.82, 2.24) is 25.7 Å². The van der Waals surface area contributed by atoms with Crippen LogP contribution in [-0.2, 0) is 19.5 Å². The van der Waals surface area contributed by atoms with E-state index in [1.807, 2.05) is 6.07 Å². The van der Waals surface area contributed by atoms with Crippen molar-refractivity contribution in [3.63, 3.8) is 0 Å². The molecule has 1 fully saturated rings. The molecule has 6 nitrogen and oxygen atoms in total. The van der Waals surface area contributed by atoms with Crippen molar-refractivity contribution < 1.29 is 4.79 Å². The summed E-state index contributed by atoms with van der Waals surface area (Å²) in [6, 6.07) is 10.7. The molecule has 4 rings (SSSR count). The van der Waals surface area contributed by atoms with Gasteiger partial charge in [0.25, 0.3) is 5.91 Å². The van der Waals surface area contributed by atoms with Gasteiger partial charge in [-0.2, -0.15) is 5.10 Å². The number of rotatable bonds is 4. The van der Waals surface area contributed by atoms with Gasteiger partial charge in [0.1, 0.15) is 0 Å². The molecule has 0 saturated carbocycles. The van der Waals surface area contributed by atoms with Gasteiger partial charge in [-0.05, 0) is 24.9 Å². The van der Waals surface area contributed by atoms with Crippen molar-refractivity contribution in [3.05, 3.63) is 52.8 Å². The maximum absolute atomic E-state index is 12.6. The van der Waals surface area contributed by atoms with E-state index in [4.69, 9.17) is 0 Å². The van der Waals surface area contributed by atoms with Gasteiger partial charge >= 0.3 is 0 Å². The van der Waals surface area contributed by atoms with Crippen molar-refractivity contribution >= 4 is 5.91 Å². The van der Waals surface area contributed by atoms with Crippen molar-refractivity contribution in [3.8, 4) is 0 Å². The smallest absolute Gasteiger partial charge is 0.272 e. The van der Waals surface area contributed by atoms with Crippen LogP contribution in [0.15, 0.2) is 30.3 Å². The molecule has 0 radical (unpaired) electrons. The SMILES string of the molecule is O=C(N[C@H]1CCN(Cc2ccccc2)C1)c1n[nH]c2c1CCNC2. The van der Waals surface area contributed by atoms with Crippen LogP contribution in [0.5, 0.6) is 0 Å². The van der Waals surface area contributed by atoms with Crippen LogP contribution in [0, 0.1) is 0 Å². The second-order valence-electron chi connectivity index (χ2n) is 6.64. The second kappa shape index (κ2) is 6.75. The first-order chi connectivity index (χ1) is 11.8. The summed E-state index contributed by atoms with van der Waals surface area (Å²) in [5, 5.41) is 13.7. The molecule has 0 spiro atoms. The maximum Gasteiger partial charge on any atom is 0.272 e. The Labute approximate surface area is 141 Å². The molecule has 126 valence electrons. The van der Waals surface area contributed by atoms with Gasteiger partial charge in [-0.3, -0.25) is 14.8 Å². The lowest BCUT2D eigenvalue weighted by Gasteiger charge is -2.17. The minimum atomic E-state index is -0.0408. The number of aromatic nitrogens is 2. The Hall–Kier alpha value is -2.18. The number of H-pyrrole nitrogens is 1. The summed E-state index contributed by atoms with van der Waals surface area (Å²) in [6.07, 6.45) is 1.85. The largest absolute Gasteiger partial charge is 0.347 e. The maximum atomic E-state index is 12.6. The highest BCUT2D eigenvalue weighted by Gasteiger charge is 2.27. The molecule has 0 bridgehead atoms. The van der Waals surface area contributed by atoms with Gasteiger partial charge in [-0.1, -0.05) is 30.3 Å². The number of nitrogens with one attached hydrogen (secondary N) is 3. The van der Waals surface area contributed by atoms with Gasteiger partial charge in [0.2, 0.25) is 0 Å². The highest BCUT2D eigenvalue weighted by molar-refractivity contribution is 5.94. The van der Waals surface area contributed by atoms with E-state index in [1.165, 1.54) is 5.56 Å². The lowest BCUT2D eigenvalue weighted by Crippen LogP contribution is -2.38. The van der Waals surface area contributed by atoms with Crippen LogP contribution in [-0.4, -0.2) is 46.7 Å². The van der Waals surface area contributed by atoms with Crippen LogP contribution in [0.1, 0.15) is 33.7 Å². The van der Waals surface area contributed by atoms with Crippen LogP contribution in [0.25, 0.3) is 0 Å². The molecule has 0 unspecified atom stereocenters. The molecular formula is C18H23N5O. The number of carbonyl (C=O) groups is 1. The molecule has 1 atom stereocenters. The monoisotopic (exact) mass is 325 g/mol. The van der Waals surface area contributed by atoms with Crippen LogP contribution in [0.4, 0.5) is 0 Å². The summed E-state index contributed by atoms with van der Waals surface area (Å²) in [4.78, 5) is 15.0. The number of fused-ring (bicyclic) bond motifs is 1. The molecule has 2 aromatic rings. The predicted molar refractivity (Wildman–Crippen MR) is 91.6 cm³/mol. The number of likely N-dealkylation sites (tertiary alicyclic amines) is 1. The molecule has 3 N–H and O–H groups in total. The molecule has 24 heavy (non-hydrogen) atoms. The van der Waals surface area contributed by atoms with E-state index in [-0.39, 0.29) is 11.9 Å². The number of aromatic amines is 1. The average molecular weight is 325 g/mol. The van der Waals surface area contributed by atoms with E-state index < -0.39 is 0 Å². The third kappa shape index (κ3) is 3.20. The summed E-state index contributed by atoms with van der Waals surface area (Å²) < 4.78 is 0. The molecule has 2 aliphatic heterocycles. The third-order valence-electron chi connectivity index (χ3n) is 4.88. The third-order valence-corrected chi connectivity index (χ3v) is 4.88. The van der Waals surface area contributed by atoms with Crippen molar-refractivity contribution in [2.24, 2.45) is 0 Å². The number of benzene rings is 1. The van der Waals surface area contributed by atoms with Crippen molar-refractivity contribution in [2.45, 2.75) is 32.0 Å². The number of carbonyl (C=O) groups excluding carboxylic acids is 1. The normalized spacial score (nSPS) is 20.8. The van der Waals surface area contributed by atoms with E-state index in [2.05, 4.69) is 50.0 Å². The van der Waals surface area contributed by atoms with Crippen molar-refractivity contribution in [1.29, 1.82) is 0 Å². The molecule has 1 aromatic heterocycles. The molecule has 0 aliphatic carbocycles. The first-order valence-electron chi connectivity index (χ1n) is 8.63. The summed E-state index contributed by atoms with van der Waals surface area (Å²) in [7, 11) is 0. The number of hydrogen-bond donors (Lipinski definition) is 3. The first kappa shape index (κ1) is 15.4. The molecule has 1 saturated heterocycles. The highest BCUT2D eigenvalue weighted by atomic mass is 16.2. The zero-order valence-electron chi connectivity index (χ0n) is 13.7. The Morgan fingerprint density at radius 3 is 3.08 bits per heavy atom. The molecule has 1 aromatic carbocycles. The van der Waals surface area contributed by atoms with E-state index in [9.17, 15) is 4.79 Å². The van der Waals surface area contributed by atoms with Gasteiger partial charge < -0.3 is 10.6 Å². The van der Waals surface area contributed by atoms with Gasteiger partial charge in [0.05, 0.1) is 5.69 Å². The molecule has 1 amide bonds. The Balaban J connectivity index is 1.35. The van der Waals surface area contributed by atoms with E-state index in [0.717, 1.165) is 56.8 Å². The summed E-state index contributed by atoms with van der Waals surface area (Å²) >= 11 is 0. The van der Waals surface area contributed by atoms with Crippen LogP contribution in [0.2, 0.25) is 0 Å². The molecular weight excluding hydrogens is 302 g/mol. The Morgan fingerprint density at radius 2 is 2.21 bits per heavy atom. The van der Waals surface area contributed by atoms with E-state index in [1.54, 1.807) is 0 Å². The van der Waals surface area contributed by atoms with Crippen LogP contribution < -0.4 is 10.6 Å². The topological polar surface area (TPSA) is 73.0 Å². The fraction of sp³-hybridized carbons (Fsp3) is 0.444. The average Bonchev–Trinajstić information content (AvgIpc) is 3.22. The second-order valence-corrected chi connectivity index (χ2v) is 6.64. The van der Waals surface area contributed by atoms with Gasteiger partial charge in [-0.15, -0.1) is 0 Å².